The van der Waals surface area contributed by atoms with E-state index in [1.54, 1.807) is 0 Å². The van der Waals surface area contributed by atoms with Gasteiger partial charge in [0.25, 0.3) is 0 Å². The van der Waals surface area contributed by atoms with Crippen molar-refractivity contribution in [3.63, 3.8) is 0 Å². The van der Waals surface area contributed by atoms with Crippen LogP contribution in [0.15, 0.2) is 59.1 Å². The summed E-state index contributed by atoms with van der Waals surface area (Å²) in [4.78, 5) is 4.65. The van der Waals surface area contributed by atoms with E-state index in [4.69, 9.17) is 11.6 Å². The molecule has 0 saturated heterocycles. The van der Waals surface area contributed by atoms with Crippen LogP contribution in [0.5, 0.6) is 0 Å². The second-order valence-electron chi connectivity index (χ2n) is 4.02. The zero-order chi connectivity index (χ0) is 12.5. The van der Waals surface area contributed by atoms with Gasteiger partial charge in [-0.25, -0.2) is 4.98 Å². The Morgan fingerprint density at radius 2 is 1.72 bits per heavy atom. The van der Waals surface area contributed by atoms with Gasteiger partial charge in [0.1, 0.15) is 0 Å². The summed E-state index contributed by atoms with van der Waals surface area (Å²) in [7, 11) is 0. The van der Waals surface area contributed by atoms with E-state index in [9.17, 15) is 0 Å². The molecule has 0 radical (unpaired) electrons. The zero-order valence-corrected chi connectivity index (χ0v) is 11.7. The summed E-state index contributed by atoms with van der Waals surface area (Å²) in [6.45, 7) is 0. The molecule has 0 aliphatic heterocycles. The molecule has 0 atom stereocenters. The molecule has 3 rings (SSSR count). The number of fused-ring (bicyclic) bond motifs is 1. The molecular formula is C15H9BrClN. The molecule has 18 heavy (non-hydrogen) atoms. The Labute approximate surface area is 119 Å². The molecule has 0 unspecified atom stereocenters. The normalized spacial score (nSPS) is 10.8. The number of hydrogen-bond donors (Lipinski definition) is 0. The lowest BCUT2D eigenvalue weighted by molar-refractivity contribution is 1.39. The van der Waals surface area contributed by atoms with Gasteiger partial charge < -0.3 is 0 Å². The number of halogens is 2. The average Bonchev–Trinajstić information content (AvgIpc) is 2.39. The minimum Gasteiger partial charge on any atom is -0.248 e. The second kappa shape index (κ2) is 4.71. The first kappa shape index (κ1) is 11.7. The number of aromatic nitrogens is 1. The highest BCUT2D eigenvalue weighted by atomic mass is 79.9. The van der Waals surface area contributed by atoms with Gasteiger partial charge in [0, 0.05) is 20.4 Å². The monoisotopic (exact) mass is 317 g/mol. The maximum absolute atomic E-state index is 6.01. The first-order valence-corrected chi connectivity index (χ1v) is 6.72. The molecule has 0 saturated carbocycles. The molecule has 0 aliphatic rings. The summed E-state index contributed by atoms with van der Waals surface area (Å²) in [5.74, 6) is 0. The Morgan fingerprint density at radius 1 is 0.944 bits per heavy atom. The Hall–Kier alpha value is -1.38. The Bertz CT molecular complexity index is 710. The number of pyridine rings is 1. The Morgan fingerprint density at radius 3 is 2.50 bits per heavy atom. The van der Waals surface area contributed by atoms with Crippen LogP contribution in [0.1, 0.15) is 0 Å². The smallest absolute Gasteiger partial charge is 0.0735 e. The van der Waals surface area contributed by atoms with Gasteiger partial charge in [-0.2, -0.15) is 0 Å². The summed E-state index contributed by atoms with van der Waals surface area (Å²) in [6.07, 6.45) is 0. The van der Waals surface area contributed by atoms with Gasteiger partial charge in [-0.1, -0.05) is 63.9 Å². The van der Waals surface area contributed by atoms with Crippen LogP contribution in [0, 0.1) is 0 Å². The minimum atomic E-state index is 0.701. The van der Waals surface area contributed by atoms with E-state index in [1.165, 1.54) is 0 Å². The van der Waals surface area contributed by atoms with Gasteiger partial charge in [0.2, 0.25) is 0 Å². The van der Waals surface area contributed by atoms with E-state index >= 15 is 0 Å². The first-order chi connectivity index (χ1) is 8.74. The predicted molar refractivity (Wildman–Crippen MR) is 79.9 cm³/mol. The van der Waals surface area contributed by atoms with Crippen LogP contribution in [0.2, 0.25) is 5.02 Å². The van der Waals surface area contributed by atoms with Crippen LogP contribution in [-0.2, 0) is 0 Å². The van der Waals surface area contributed by atoms with Crippen molar-refractivity contribution < 1.29 is 0 Å². The minimum absolute atomic E-state index is 0.701. The van der Waals surface area contributed by atoms with Gasteiger partial charge in [-0.15, -0.1) is 0 Å². The highest BCUT2D eigenvalue weighted by Crippen LogP contribution is 2.29. The molecule has 0 amide bonds. The molecule has 0 bridgehead atoms. The molecular weight excluding hydrogens is 310 g/mol. The predicted octanol–water partition coefficient (Wildman–Crippen LogP) is 5.32. The van der Waals surface area contributed by atoms with Crippen LogP contribution >= 0.6 is 27.5 Å². The highest BCUT2D eigenvalue weighted by molar-refractivity contribution is 9.10. The van der Waals surface area contributed by atoms with E-state index in [0.29, 0.717) is 5.02 Å². The van der Waals surface area contributed by atoms with E-state index < -0.39 is 0 Å². The fourth-order valence-electron chi connectivity index (χ4n) is 1.92. The lowest BCUT2D eigenvalue weighted by Crippen LogP contribution is -1.86. The molecule has 1 nitrogen and oxygen atoms in total. The standard InChI is InChI=1S/C15H9BrClN/c16-13-9-14(10-4-2-1-3-5-10)18-15-8-11(17)6-7-12(13)15/h1-9H. The largest absolute Gasteiger partial charge is 0.248 e. The lowest BCUT2D eigenvalue weighted by atomic mass is 10.1. The summed E-state index contributed by atoms with van der Waals surface area (Å²) in [5, 5.41) is 1.77. The van der Waals surface area contributed by atoms with E-state index in [1.807, 2.05) is 54.6 Å². The van der Waals surface area contributed by atoms with Crippen LogP contribution in [0.25, 0.3) is 22.2 Å². The molecule has 3 aromatic rings. The van der Waals surface area contributed by atoms with Gasteiger partial charge in [-0.3, -0.25) is 0 Å². The maximum Gasteiger partial charge on any atom is 0.0735 e. The van der Waals surface area contributed by atoms with Crippen molar-refractivity contribution in [2.75, 3.05) is 0 Å². The molecule has 0 aliphatic carbocycles. The fraction of sp³-hybridized carbons (Fsp3) is 0. The third-order valence-corrected chi connectivity index (χ3v) is 3.68. The van der Waals surface area contributed by atoms with Gasteiger partial charge in [-0.05, 0) is 18.2 Å². The van der Waals surface area contributed by atoms with Gasteiger partial charge >= 0.3 is 0 Å². The molecule has 88 valence electrons. The SMILES string of the molecule is Clc1ccc2c(Br)cc(-c3ccccc3)nc2c1. The molecule has 1 heterocycles. The number of rotatable bonds is 1. The van der Waals surface area contributed by atoms with Crippen molar-refractivity contribution in [1.82, 2.24) is 4.98 Å². The van der Waals surface area contributed by atoms with Gasteiger partial charge in [0.15, 0.2) is 0 Å². The van der Waals surface area contributed by atoms with Crippen molar-refractivity contribution >= 4 is 38.4 Å². The Balaban J connectivity index is 2.27. The fourth-order valence-corrected chi connectivity index (χ4v) is 2.63. The van der Waals surface area contributed by atoms with Crippen molar-refractivity contribution in [2.24, 2.45) is 0 Å². The van der Waals surface area contributed by atoms with Crippen molar-refractivity contribution in [3.8, 4) is 11.3 Å². The summed E-state index contributed by atoms with van der Waals surface area (Å²) < 4.78 is 1.03. The summed E-state index contributed by atoms with van der Waals surface area (Å²) in [6, 6.07) is 17.9. The average molecular weight is 319 g/mol. The topological polar surface area (TPSA) is 12.9 Å². The van der Waals surface area contributed by atoms with Crippen LogP contribution < -0.4 is 0 Å². The summed E-state index contributed by atoms with van der Waals surface area (Å²) >= 11 is 9.60. The highest BCUT2D eigenvalue weighted by Gasteiger charge is 2.06. The van der Waals surface area contributed by atoms with Crippen molar-refractivity contribution in [1.29, 1.82) is 0 Å². The molecule has 2 aromatic carbocycles. The Kier molecular flexibility index (Phi) is 3.06. The zero-order valence-electron chi connectivity index (χ0n) is 9.40. The third-order valence-electron chi connectivity index (χ3n) is 2.79. The molecule has 3 heteroatoms. The molecule has 1 aromatic heterocycles. The van der Waals surface area contributed by atoms with E-state index in [-0.39, 0.29) is 0 Å². The van der Waals surface area contributed by atoms with E-state index in [0.717, 1.165) is 26.6 Å². The molecule has 0 spiro atoms. The number of benzene rings is 2. The lowest BCUT2D eigenvalue weighted by Gasteiger charge is -2.06. The first-order valence-electron chi connectivity index (χ1n) is 5.55. The van der Waals surface area contributed by atoms with Crippen LogP contribution in [-0.4, -0.2) is 4.98 Å². The van der Waals surface area contributed by atoms with Crippen LogP contribution in [0.4, 0.5) is 0 Å². The van der Waals surface area contributed by atoms with Crippen molar-refractivity contribution in [2.45, 2.75) is 0 Å². The van der Waals surface area contributed by atoms with Gasteiger partial charge in [0.05, 0.1) is 11.2 Å². The number of hydrogen-bond acceptors (Lipinski definition) is 1. The summed E-state index contributed by atoms with van der Waals surface area (Å²) in [5.41, 5.74) is 2.94. The van der Waals surface area contributed by atoms with E-state index in [2.05, 4.69) is 20.9 Å². The molecule has 0 N–H and O–H groups in total. The molecule has 0 fully saturated rings. The number of nitrogens with zero attached hydrogens (tertiary/aromatic N) is 1. The second-order valence-corrected chi connectivity index (χ2v) is 5.31. The van der Waals surface area contributed by atoms with Crippen LogP contribution in [0.3, 0.4) is 0 Å². The van der Waals surface area contributed by atoms with Crippen molar-refractivity contribution in [3.05, 3.63) is 64.1 Å². The quantitative estimate of drug-likeness (QED) is 0.592. The maximum atomic E-state index is 6.01. The third kappa shape index (κ3) is 2.14.